The van der Waals surface area contributed by atoms with Crippen LogP contribution in [0, 0.1) is 5.92 Å². The minimum atomic E-state index is -1.62. The Kier molecular flexibility index (Phi) is 6.73. The molecule has 1 aliphatic rings. The summed E-state index contributed by atoms with van der Waals surface area (Å²) in [5.41, 5.74) is 0. The maximum absolute atomic E-state index is 6.44. The second kappa shape index (κ2) is 7.17. The Morgan fingerprint density at radius 1 is 1.21 bits per heavy atom. The van der Waals surface area contributed by atoms with Crippen LogP contribution >= 0.6 is 0 Å². The third-order valence-electron chi connectivity index (χ3n) is 3.06. The molecule has 0 amide bonds. The fraction of sp³-hybridized carbons (Fsp3) is 0.714. The molecule has 1 nitrogen and oxygen atoms in total. The maximum atomic E-state index is 6.44. The third-order valence-corrected chi connectivity index (χ3v) is 34.2. The summed E-state index contributed by atoms with van der Waals surface area (Å²) >= 11 is -1.62. The molecule has 0 saturated heterocycles. The first-order valence-electron chi connectivity index (χ1n) is 7.00. The molecule has 116 valence electrons. The molecule has 0 fully saturated rings. The molecule has 0 radical (unpaired) electrons. The molecular weight excluding hydrogens is 463 g/mol. The average Bonchev–Trinajstić information content (AvgIpc) is 2.66. The van der Waals surface area contributed by atoms with E-state index in [-0.39, 0.29) is 0 Å². The molecule has 1 aliphatic carbocycles. The predicted octanol–water partition coefficient (Wildman–Crippen LogP) is 4.10. The van der Waals surface area contributed by atoms with Crippen molar-refractivity contribution in [2.24, 2.45) is 5.92 Å². The van der Waals surface area contributed by atoms with Crippen molar-refractivity contribution in [2.75, 3.05) is 0 Å². The normalized spacial score (nSPS) is 20.0. The van der Waals surface area contributed by atoms with Crippen LogP contribution in [0.25, 0.3) is 0 Å². The second-order valence-corrected chi connectivity index (χ2v) is 31.9. The summed E-state index contributed by atoms with van der Waals surface area (Å²) in [6.45, 7) is 12.1. The van der Waals surface area contributed by atoms with E-state index in [4.69, 9.17) is 4.12 Å². The van der Waals surface area contributed by atoms with Crippen LogP contribution in [0.1, 0.15) is 0 Å². The first-order valence-corrected chi connectivity index (χ1v) is 22.4. The minimum absolute atomic E-state index is 0.394. The average molecular weight is 496 g/mol. The molecule has 0 spiro atoms. The van der Waals surface area contributed by atoms with Gasteiger partial charge in [-0.05, 0) is 0 Å². The van der Waals surface area contributed by atoms with Crippen molar-refractivity contribution in [2.45, 2.75) is 51.7 Å². The molecule has 0 aliphatic heterocycles. The fourth-order valence-electron chi connectivity index (χ4n) is 2.35. The number of hydrogen-bond donors (Lipinski definition) is 0. The molecule has 0 bridgehead atoms. The van der Waals surface area contributed by atoms with Gasteiger partial charge >= 0.3 is 129 Å². The summed E-state index contributed by atoms with van der Waals surface area (Å²) < 4.78 is 8.99. The Morgan fingerprint density at radius 3 is 2.16 bits per heavy atom. The summed E-state index contributed by atoms with van der Waals surface area (Å²) in [6.07, 6.45) is 9.34. The number of rotatable bonds is 7. The van der Waals surface area contributed by atoms with E-state index in [1.165, 1.54) is 0 Å². The van der Waals surface area contributed by atoms with Crippen LogP contribution in [-0.2, 0) is 20.2 Å². The summed E-state index contributed by atoms with van der Waals surface area (Å²) in [5.74, 6) is 0.711. The van der Waals surface area contributed by atoms with Gasteiger partial charge in [-0.25, -0.2) is 0 Å². The second-order valence-electron chi connectivity index (χ2n) is 7.02. The molecular formula is C14H32OPtSi3. The van der Waals surface area contributed by atoms with Crippen molar-refractivity contribution in [1.82, 2.24) is 0 Å². The van der Waals surface area contributed by atoms with Gasteiger partial charge in [0, 0.05) is 0 Å². The molecule has 0 aromatic rings. The topological polar surface area (TPSA) is 9.23 Å². The molecule has 0 saturated carbocycles. The van der Waals surface area contributed by atoms with Crippen molar-refractivity contribution in [3.63, 3.8) is 0 Å². The summed E-state index contributed by atoms with van der Waals surface area (Å²) in [4.78, 5) is 0. The molecule has 5 heteroatoms. The molecule has 19 heavy (non-hydrogen) atoms. The van der Waals surface area contributed by atoms with E-state index in [1.54, 1.807) is 4.43 Å². The quantitative estimate of drug-likeness (QED) is 0.483. The van der Waals surface area contributed by atoms with Gasteiger partial charge in [-0.3, -0.25) is 0 Å². The Hall–Kier alpha value is 0.779. The van der Waals surface area contributed by atoms with E-state index in [1.807, 2.05) is 0 Å². The van der Waals surface area contributed by atoms with Gasteiger partial charge in [0.2, 0.25) is 0 Å². The molecule has 0 N–H and O–H groups in total. The Labute approximate surface area is 128 Å². The number of allylic oxidation sites excluding steroid dienone is 4. The standard InChI is InChI=1S/C9H17OSi2.C3H9Si.2CH3.Pt/c1-12(2,3)10-11-8-9-6-4-5-7-9;1-4(2)3;;;/h4-9H,11H2,1-3H3;4H,1H2,2-3H3;2*1H3;. The first kappa shape index (κ1) is 17.8. The van der Waals surface area contributed by atoms with Crippen molar-refractivity contribution in [1.29, 1.82) is 0 Å². The van der Waals surface area contributed by atoms with Crippen LogP contribution in [0.3, 0.4) is 0 Å². The third kappa shape index (κ3) is 6.38. The van der Waals surface area contributed by atoms with Crippen LogP contribution in [0.2, 0.25) is 51.7 Å². The van der Waals surface area contributed by atoms with Gasteiger partial charge in [0.15, 0.2) is 0 Å². The zero-order chi connectivity index (χ0) is 14.7. The van der Waals surface area contributed by atoms with Gasteiger partial charge in [-0.1, -0.05) is 0 Å². The summed E-state index contributed by atoms with van der Waals surface area (Å²) in [6, 6.07) is 0. The van der Waals surface area contributed by atoms with Crippen molar-refractivity contribution in [3.05, 3.63) is 24.3 Å². The van der Waals surface area contributed by atoms with E-state index >= 15 is 0 Å². The molecule has 1 unspecified atom stereocenters. The van der Waals surface area contributed by atoms with E-state index in [0.717, 1.165) is 3.93 Å². The van der Waals surface area contributed by atoms with E-state index in [2.05, 4.69) is 67.7 Å². The van der Waals surface area contributed by atoms with Gasteiger partial charge in [0.05, 0.1) is 0 Å². The van der Waals surface area contributed by atoms with Crippen molar-refractivity contribution < 1.29 is 20.2 Å². The molecule has 0 aromatic carbocycles. The monoisotopic (exact) mass is 495 g/mol. The Bertz CT molecular complexity index is 333. The SMILES string of the molecule is C[SiH](C)[CH2][Pt]([CH3])([CH3])[CH]([SiH2]O[Si](C)(C)C)C1C=CC=C1. The summed E-state index contributed by atoms with van der Waals surface area (Å²) in [5, 5.41) is 5.32. The van der Waals surface area contributed by atoms with Gasteiger partial charge in [-0.15, -0.1) is 0 Å². The zero-order valence-corrected chi connectivity index (χ0v) is 19.5. The Morgan fingerprint density at radius 2 is 1.74 bits per heavy atom. The fourth-order valence-corrected chi connectivity index (χ4v) is 33.9. The molecule has 0 heterocycles. The molecule has 0 aromatic heterocycles. The summed E-state index contributed by atoms with van der Waals surface area (Å²) in [7, 11) is -2.18. The predicted molar refractivity (Wildman–Crippen MR) is 93.9 cm³/mol. The zero-order valence-electron chi connectivity index (χ0n) is 13.7. The van der Waals surface area contributed by atoms with Crippen LogP contribution < -0.4 is 0 Å². The van der Waals surface area contributed by atoms with Crippen LogP contribution in [0.15, 0.2) is 24.3 Å². The van der Waals surface area contributed by atoms with Gasteiger partial charge in [0.25, 0.3) is 0 Å². The van der Waals surface area contributed by atoms with Crippen molar-refractivity contribution in [3.8, 4) is 0 Å². The van der Waals surface area contributed by atoms with Gasteiger partial charge in [0.1, 0.15) is 0 Å². The van der Waals surface area contributed by atoms with Crippen LogP contribution in [0.5, 0.6) is 0 Å². The number of hydrogen-bond acceptors (Lipinski definition) is 1. The van der Waals surface area contributed by atoms with Crippen molar-refractivity contribution >= 4 is 26.9 Å². The van der Waals surface area contributed by atoms with Crippen LogP contribution in [0.4, 0.5) is 0 Å². The van der Waals surface area contributed by atoms with E-state index < -0.39 is 42.9 Å². The van der Waals surface area contributed by atoms with Gasteiger partial charge < -0.3 is 0 Å². The van der Waals surface area contributed by atoms with E-state index in [9.17, 15) is 0 Å². The van der Waals surface area contributed by atoms with E-state index in [0.29, 0.717) is 5.92 Å². The molecule has 1 rings (SSSR count). The van der Waals surface area contributed by atoms with Crippen LogP contribution in [-0.4, -0.2) is 26.9 Å². The molecule has 1 atom stereocenters. The Balaban J connectivity index is 2.79. The van der Waals surface area contributed by atoms with Gasteiger partial charge in [-0.2, -0.15) is 0 Å². The first-order chi connectivity index (χ1) is 8.62.